The zero-order valence-corrected chi connectivity index (χ0v) is 7.24. The lowest BCUT2D eigenvalue weighted by atomic mass is 10.4. The number of H-pyrrole nitrogens is 1. The summed E-state index contributed by atoms with van der Waals surface area (Å²) in [6, 6.07) is 0. The van der Waals surface area contributed by atoms with E-state index in [0.717, 1.165) is 5.69 Å². The number of nitrogens with zero attached hydrogens (tertiary/aromatic N) is 3. The first-order valence-electron chi connectivity index (χ1n) is 4.04. The van der Waals surface area contributed by atoms with Crippen molar-refractivity contribution in [2.24, 2.45) is 0 Å². The summed E-state index contributed by atoms with van der Waals surface area (Å²) in [4.78, 5) is 14.0. The van der Waals surface area contributed by atoms with Gasteiger partial charge in [0.25, 0.3) is 5.95 Å². The maximum absolute atomic E-state index is 13.0. The maximum atomic E-state index is 13.0. The maximum Gasteiger partial charge on any atom is 0.255 e. The smallest absolute Gasteiger partial charge is 0.255 e. The summed E-state index contributed by atoms with van der Waals surface area (Å²) in [5.74, 6) is -0.464. The Hall–Kier alpha value is -1.98. The zero-order valence-electron chi connectivity index (χ0n) is 7.24. The Morgan fingerprint density at radius 3 is 2.93 bits per heavy atom. The van der Waals surface area contributed by atoms with E-state index < -0.39 is 5.95 Å². The molecule has 2 heterocycles. The molecule has 14 heavy (non-hydrogen) atoms. The SMILES string of the molecule is Fc1nccnc1NCc1cnc[nH]1. The number of anilines is 1. The van der Waals surface area contributed by atoms with E-state index in [2.05, 4.69) is 25.3 Å². The van der Waals surface area contributed by atoms with E-state index in [1.807, 2.05) is 0 Å². The normalized spacial score (nSPS) is 10.1. The topological polar surface area (TPSA) is 66.5 Å². The van der Waals surface area contributed by atoms with E-state index in [1.54, 1.807) is 12.5 Å². The van der Waals surface area contributed by atoms with Crippen molar-refractivity contribution in [2.45, 2.75) is 6.54 Å². The molecule has 0 aliphatic rings. The third-order valence-electron chi connectivity index (χ3n) is 1.65. The predicted molar refractivity (Wildman–Crippen MR) is 47.9 cm³/mol. The molecule has 0 aromatic carbocycles. The highest BCUT2D eigenvalue weighted by Crippen LogP contribution is 2.06. The Bertz CT molecular complexity index is 400. The Kier molecular flexibility index (Phi) is 2.35. The van der Waals surface area contributed by atoms with Crippen LogP contribution in [0.15, 0.2) is 24.9 Å². The summed E-state index contributed by atoms with van der Waals surface area (Å²) in [7, 11) is 0. The molecule has 0 fully saturated rings. The number of aromatic nitrogens is 4. The van der Waals surface area contributed by atoms with Gasteiger partial charge in [-0.25, -0.2) is 15.0 Å². The molecule has 72 valence electrons. The summed E-state index contributed by atoms with van der Waals surface area (Å²) in [5.41, 5.74) is 0.857. The Morgan fingerprint density at radius 2 is 2.21 bits per heavy atom. The Morgan fingerprint density at radius 1 is 1.36 bits per heavy atom. The number of hydrogen-bond donors (Lipinski definition) is 2. The van der Waals surface area contributed by atoms with Crippen molar-refractivity contribution in [3.8, 4) is 0 Å². The van der Waals surface area contributed by atoms with Gasteiger partial charge in [-0.2, -0.15) is 4.39 Å². The van der Waals surface area contributed by atoms with Crippen molar-refractivity contribution in [1.29, 1.82) is 0 Å². The van der Waals surface area contributed by atoms with Gasteiger partial charge in [0.05, 0.1) is 18.6 Å². The zero-order chi connectivity index (χ0) is 9.80. The minimum Gasteiger partial charge on any atom is -0.361 e. The Labute approximate surface area is 79.4 Å². The van der Waals surface area contributed by atoms with Crippen LogP contribution in [0.2, 0.25) is 0 Å². The first kappa shape index (κ1) is 8.61. The summed E-state index contributed by atoms with van der Waals surface area (Å²) < 4.78 is 13.0. The fourth-order valence-electron chi connectivity index (χ4n) is 1.000. The lowest BCUT2D eigenvalue weighted by Gasteiger charge is -2.02. The molecule has 0 saturated carbocycles. The quantitative estimate of drug-likeness (QED) is 0.761. The van der Waals surface area contributed by atoms with Crippen molar-refractivity contribution in [3.05, 3.63) is 36.6 Å². The van der Waals surface area contributed by atoms with Crippen LogP contribution in [0.5, 0.6) is 0 Å². The average molecular weight is 193 g/mol. The van der Waals surface area contributed by atoms with Gasteiger partial charge in [-0.05, 0) is 0 Å². The molecule has 2 aromatic heterocycles. The summed E-state index contributed by atoms with van der Waals surface area (Å²) in [5, 5.41) is 2.80. The van der Waals surface area contributed by atoms with Crippen molar-refractivity contribution in [2.75, 3.05) is 5.32 Å². The molecule has 0 aliphatic carbocycles. The number of rotatable bonds is 3. The van der Waals surface area contributed by atoms with Crippen LogP contribution in [-0.4, -0.2) is 19.9 Å². The molecule has 2 N–H and O–H groups in total. The number of halogens is 1. The highest BCUT2D eigenvalue weighted by Gasteiger charge is 2.02. The van der Waals surface area contributed by atoms with Gasteiger partial charge in [-0.1, -0.05) is 0 Å². The molecule has 0 bridgehead atoms. The van der Waals surface area contributed by atoms with Crippen molar-refractivity contribution < 1.29 is 4.39 Å². The van der Waals surface area contributed by atoms with Crippen molar-refractivity contribution in [1.82, 2.24) is 19.9 Å². The van der Waals surface area contributed by atoms with Gasteiger partial charge in [-0.15, -0.1) is 0 Å². The molecular formula is C8H8FN5. The standard InChI is InChI=1S/C8H8FN5/c9-7-8(12-2-1-11-7)13-4-6-3-10-5-14-6/h1-3,5H,4H2,(H,10,14)(H,12,13). The van der Waals surface area contributed by atoms with E-state index in [0.29, 0.717) is 6.54 Å². The second kappa shape index (κ2) is 3.82. The molecule has 0 spiro atoms. The highest BCUT2D eigenvalue weighted by atomic mass is 19.1. The van der Waals surface area contributed by atoms with Crippen LogP contribution in [0.4, 0.5) is 10.2 Å². The molecule has 6 heteroatoms. The van der Waals surface area contributed by atoms with Gasteiger partial charge in [0, 0.05) is 18.6 Å². The fourth-order valence-corrected chi connectivity index (χ4v) is 1.000. The van der Waals surface area contributed by atoms with Gasteiger partial charge in [0.2, 0.25) is 0 Å². The van der Waals surface area contributed by atoms with E-state index in [9.17, 15) is 4.39 Å². The number of imidazole rings is 1. The molecular weight excluding hydrogens is 185 g/mol. The van der Waals surface area contributed by atoms with Crippen LogP contribution in [0.3, 0.4) is 0 Å². The highest BCUT2D eigenvalue weighted by molar-refractivity contribution is 5.32. The van der Waals surface area contributed by atoms with Crippen LogP contribution in [0.1, 0.15) is 5.69 Å². The molecule has 5 nitrogen and oxygen atoms in total. The summed E-state index contributed by atoms with van der Waals surface area (Å²) in [6.07, 6.45) is 5.94. The van der Waals surface area contributed by atoms with Gasteiger partial charge in [0.1, 0.15) is 0 Å². The number of hydrogen-bond acceptors (Lipinski definition) is 4. The number of nitrogens with one attached hydrogen (secondary N) is 2. The van der Waals surface area contributed by atoms with Gasteiger partial charge in [0.15, 0.2) is 5.82 Å². The van der Waals surface area contributed by atoms with E-state index in [1.165, 1.54) is 12.4 Å². The predicted octanol–water partition coefficient (Wildman–Crippen LogP) is 0.951. The van der Waals surface area contributed by atoms with E-state index >= 15 is 0 Å². The van der Waals surface area contributed by atoms with Crippen LogP contribution < -0.4 is 5.32 Å². The molecule has 0 unspecified atom stereocenters. The molecule has 0 saturated heterocycles. The first-order chi connectivity index (χ1) is 6.86. The summed E-state index contributed by atoms with van der Waals surface area (Å²) >= 11 is 0. The van der Waals surface area contributed by atoms with Crippen LogP contribution >= 0.6 is 0 Å². The second-order valence-electron chi connectivity index (χ2n) is 2.63. The molecule has 0 atom stereocenters. The van der Waals surface area contributed by atoms with E-state index in [-0.39, 0.29) is 5.82 Å². The number of aromatic amines is 1. The molecule has 0 amide bonds. The van der Waals surface area contributed by atoms with Crippen molar-refractivity contribution in [3.63, 3.8) is 0 Å². The van der Waals surface area contributed by atoms with Crippen LogP contribution in [0, 0.1) is 5.95 Å². The third kappa shape index (κ3) is 1.85. The lowest BCUT2D eigenvalue weighted by molar-refractivity contribution is 0.580. The lowest BCUT2D eigenvalue weighted by Crippen LogP contribution is -2.04. The van der Waals surface area contributed by atoms with Crippen LogP contribution in [0.25, 0.3) is 0 Å². The molecule has 0 aliphatic heterocycles. The minimum absolute atomic E-state index is 0.141. The van der Waals surface area contributed by atoms with Crippen molar-refractivity contribution >= 4 is 5.82 Å². The van der Waals surface area contributed by atoms with Gasteiger partial charge < -0.3 is 10.3 Å². The first-order valence-corrected chi connectivity index (χ1v) is 4.04. The average Bonchev–Trinajstić information content (AvgIpc) is 2.69. The molecule has 2 rings (SSSR count). The largest absolute Gasteiger partial charge is 0.361 e. The molecule has 0 radical (unpaired) electrons. The minimum atomic E-state index is -0.605. The van der Waals surface area contributed by atoms with Gasteiger partial charge >= 0.3 is 0 Å². The monoisotopic (exact) mass is 193 g/mol. The fraction of sp³-hybridized carbons (Fsp3) is 0.125. The third-order valence-corrected chi connectivity index (χ3v) is 1.65. The van der Waals surface area contributed by atoms with E-state index in [4.69, 9.17) is 0 Å². The summed E-state index contributed by atoms with van der Waals surface area (Å²) in [6.45, 7) is 0.440. The second-order valence-corrected chi connectivity index (χ2v) is 2.63. The van der Waals surface area contributed by atoms with Gasteiger partial charge in [-0.3, -0.25) is 0 Å². The molecule has 2 aromatic rings. The Balaban J connectivity index is 2.02. The van der Waals surface area contributed by atoms with Crippen LogP contribution in [-0.2, 0) is 6.54 Å².